The van der Waals surface area contributed by atoms with Gasteiger partial charge in [0.05, 0.1) is 17.4 Å². The molecule has 0 fully saturated rings. The van der Waals surface area contributed by atoms with Crippen LogP contribution in [0.25, 0.3) is 5.69 Å². The summed E-state index contributed by atoms with van der Waals surface area (Å²) in [5.41, 5.74) is 7.30. The SMILES string of the molecule is CCN1NNN=C1c1cnn(-c2ccc(Br)cc2)c1Cl. The molecule has 0 amide bonds. The van der Waals surface area contributed by atoms with Gasteiger partial charge in [-0.3, -0.25) is 5.01 Å². The van der Waals surface area contributed by atoms with Crippen LogP contribution in [0.1, 0.15) is 12.5 Å². The second-order valence-electron chi connectivity index (χ2n) is 4.14. The first-order chi connectivity index (χ1) is 9.70. The normalized spacial score (nSPS) is 14.3. The van der Waals surface area contributed by atoms with E-state index in [1.54, 1.807) is 10.9 Å². The molecule has 0 radical (unpaired) electrons. The molecule has 1 aliphatic heterocycles. The average Bonchev–Trinajstić information content (AvgIpc) is 3.06. The maximum absolute atomic E-state index is 6.43. The summed E-state index contributed by atoms with van der Waals surface area (Å²) in [6.07, 6.45) is 1.71. The van der Waals surface area contributed by atoms with Crippen molar-refractivity contribution in [1.82, 2.24) is 25.9 Å². The lowest BCUT2D eigenvalue weighted by Crippen LogP contribution is -2.40. The summed E-state index contributed by atoms with van der Waals surface area (Å²) in [4.78, 5) is 0. The Balaban J connectivity index is 1.99. The number of hydrazine groups is 2. The van der Waals surface area contributed by atoms with Crippen LogP contribution in [0.2, 0.25) is 5.15 Å². The molecule has 8 heteroatoms. The summed E-state index contributed by atoms with van der Waals surface area (Å²) in [6.45, 7) is 2.77. The van der Waals surface area contributed by atoms with Gasteiger partial charge < -0.3 is 0 Å². The Morgan fingerprint density at radius 1 is 1.30 bits per heavy atom. The number of nitrogens with one attached hydrogen (secondary N) is 2. The lowest BCUT2D eigenvalue weighted by molar-refractivity contribution is 0.308. The molecule has 104 valence electrons. The summed E-state index contributed by atoms with van der Waals surface area (Å²) in [6, 6.07) is 7.78. The maximum atomic E-state index is 6.43. The first kappa shape index (κ1) is 13.4. The lowest BCUT2D eigenvalue weighted by Gasteiger charge is -2.15. The minimum Gasteiger partial charge on any atom is -0.271 e. The summed E-state index contributed by atoms with van der Waals surface area (Å²) in [5, 5.41) is 10.9. The van der Waals surface area contributed by atoms with Gasteiger partial charge in [0.2, 0.25) is 0 Å². The lowest BCUT2D eigenvalue weighted by atomic mass is 10.3. The zero-order chi connectivity index (χ0) is 14.1. The van der Waals surface area contributed by atoms with E-state index in [2.05, 4.69) is 37.2 Å². The Bertz CT molecular complexity index is 650. The van der Waals surface area contributed by atoms with Gasteiger partial charge in [-0.1, -0.05) is 27.5 Å². The highest BCUT2D eigenvalue weighted by Crippen LogP contribution is 2.23. The minimum atomic E-state index is 0.523. The Labute approximate surface area is 129 Å². The molecular formula is C12H12BrClN6. The van der Waals surface area contributed by atoms with Crippen LogP contribution in [0.15, 0.2) is 40.0 Å². The van der Waals surface area contributed by atoms with Gasteiger partial charge in [-0.05, 0) is 31.2 Å². The molecule has 0 spiro atoms. The van der Waals surface area contributed by atoms with Crippen LogP contribution in [-0.2, 0) is 0 Å². The van der Waals surface area contributed by atoms with Crippen molar-refractivity contribution in [1.29, 1.82) is 0 Å². The number of halogens is 2. The van der Waals surface area contributed by atoms with Crippen molar-refractivity contribution in [2.75, 3.05) is 6.54 Å². The quantitative estimate of drug-likeness (QED) is 0.887. The van der Waals surface area contributed by atoms with E-state index in [-0.39, 0.29) is 0 Å². The van der Waals surface area contributed by atoms with Gasteiger partial charge in [0.1, 0.15) is 5.15 Å². The second-order valence-corrected chi connectivity index (χ2v) is 5.41. The van der Waals surface area contributed by atoms with Gasteiger partial charge in [-0.2, -0.15) is 5.10 Å². The number of benzene rings is 1. The number of hydrogen-bond acceptors (Lipinski definition) is 5. The molecule has 6 nitrogen and oxygen atoms in total. The van der Waals surface area contributed by atoms with Crippen molar-refractivity contribution in [3.8, 4) is 5.69 Å². The number of hydrogen-bond donors (Lipinski definition) is 2. The monoisotopic (exact) mass is 354 g/mol. The molecule has 0 saturated carbocycles. The zero-order valence-electron chi connectivity index (χ0n) is 10.6. The molecule has 20 heavy (non-hydrogen) atoms. The highest BCUT2D eigenvalue weighted by molar-refractivity contribution is 9.10. The van der Waals surface area contributed by atoms with Crippen LogP contribution in [0, 0.1) is 0 Å². The Kier molecular flexibility index (Phi) is 3.64. The molecule has 0 saturated heterocycles. The molecule has 1 aromatic carbocycles. The van der Waals surface area contributed by atoms with Gasteiger partial charge in [0, 0.05) is 11.0 Å². The first-order valence-electron chi connectivity index (χ1n) is 6.06. The third-order valence-corrected chi connectivity index (χ3v) is 3.83. The van der Waals surface area contributed by atoms with Crippen LogP contribution >= 0.6 is 27.5 Å². The molecule has 0 atom stereocenters. The fourth-order valence-corrected chi connectivity index (χ4v) is 2.47. The number of nitrogens with zero attached hydrogens (tertiary/aromatic N) is 4. The van der Waals surface area contributed by atoms with Crippen LogP contribution in [-0.4, -0.2) is 27.2 Å². The summed E-state index contributed by atoms with van der Waals surface area (Å²) >= 11 is 9.83. The Morgan fingerprint density at radius 3 is 2.75 bits per heavy atom. The van der Waals surface area contributed by atoms with E-state index in [0.29, 0.717) is 5.15 Å². The van der Waals surface area contributed by atoms with E-state index in [9.17, 15) is 0 Å². The molecule has 2 aromatic rings. The van der Waals surface area contributed by atoms with E-state index < -0.39 is 0 Å². The largest absolute Gasteiger partial charge is 0.271 e. The fraction of sp³-hybridized carbons (Fsp3) is 0.167. The van der Waals surface area contributed by atoms with E-state index >= 15 is 0 Å². The zero-order valence-corrected chi connectivity index (χ0v) is 13.0. The molecule has 1 aliphatic rings. The molecular weight excluding hydrogens is 344 g/mol. The van der Waals surface area contributed by atoms with Crippen molar-refractivity contribution < 1.29 is 0 Å². The fourth-order valence-electron chi connectivity index (χ4n) is 1.93. The van der Waals surface area contributed by atoms with Gasteiger partial charge in [-0.15, -0.1) is 10.6 Å². The minimum absolute atomic E-state index is 0.523. The van der Waals surface area contributed by atoms with Crippen molar-refractivity contribution in [2.45, 2.75) is 6.92 Å². The van der Waals surface area contributed by atoms with Gasteiger partial charge in [0.15, 0.2) is 5.84 Å². The number of aromatic nitrogens is 2. The number of rotatable bonds is 3. The summed E-state index contributed by atoms with van der Waals surface area (Å²) < 4.78 is 2.69. The first-order valence-corrected chi connectivity index (χ1v) is 7.23. The van der Waals surface area contributed by atoms with Gasteiger partial charge in [0.25, 0.3) is 0 Å². The predicted molar refractivity (Wildman–Crippen MR) is 81.5 cm³/mol. The van der Waals surface area contributed by atoms with Crippen molar-refractivity contribution >= 4 is 33.4 Å². The van der Waals surface area contributed by atoms with Crippen molar-refractivity contribution in [3.63, 3.8) is 0 Å². The van der Waals surface area contributed by atoms with E-state index in [1.807, 2.05) is 36.2 Å². The third-order valence-electron chi connectivity index (χ3n) is 2.94. The smallest absolute Gasteiger partial charge is 0.177 e. The van der Waals surface area contributed by atoms with E-state index in [4.69, 9.17) is 11.6 Å². The average molecular weight is 356 g/mol. The summed E-state index contributed by atoms with van der Waals surface area (Å²) in [7, 11) is 0. The van der Waals surface area contributed by atoms with Crippen LogP contribution < -0.4 is 11.1 Å². The molecule has 3 rings (SSSR count). The molecule has 0 aliphatic carbocycles. The molecule has 0 unspecified atom stereocenters. The highest BCUT2D eigenvalue weighted by atomic mass is 79.9. The van der Waals surface area contributed by atoms with E-state index in [1.165, 1.54) is 0 Å². The van der Waals surface area contributed by atoms with Crippen molar-refractivity contribution in [2.24, 2.45) is 5.10 Å². The number of amidine groups is 1. The summed E-state index contributed by atoms with van der Waals surface area (Å²) in [5.74, 6) is 0.723. The van der Waals surface area contributed by atoms with Crippen LogP contribution in [0.4, 0.5) is 0 Å². The topological polar surface area (TPSA) is 57.5 Å². The maximum Gasteiger partial charge on any atom is 0.177 e. The predicted octanol–water partition coefficient (Wildman–Crippen LogP) is 2.29. The molecule has 0 bridgehead atoms. The van der Waals surface area contributed by atoms with E-state index in [0.717, 1.165) is 28.1 Å². The van der Waals surface area contributed by atoms with Gasteiger partial charge in [-0.25, -0.2) is 10.2 Å². The second kappa shape index (κ2) is 5.43. The van der Waals surface area contributed by atoms with Crippen LogP contribution in [0.5, 0.6) is 0 Å². The standard InChI is InChI=1S/C12H12BrClN6/c1-2-19-12(16-17-18-19)10-7-15-20(11(10)14)9-5-3-8(13)4-6-9/h3-7,17-18H,2H2,1H3. The Hall–Kier alpha value is -1.57. The molecule has 2 N–H and O–H groups in total. The molecule has 2 heterocycles. The number of hydrazone groups is 1. The molecule has 1 aromatic heterocycles. The highest BCUT2D eigenvalue weighted by Gasteiger charge is 2.23. The van der Waals surface area contributed by atoms with Crippen molar-refractivity contribution in [3.05, 3.63) is 45.7 Å². The van der Waals surface area contributed by atoms with Crippen LogP contribution in [0.3, 0.4) is 0 Å². The van der Waals surface area contributed by atoms with Gasteiger partial charge >= 0.3 is 0 Å². The third kappa shape index (κ3) is 2.28. The Morgan fingerprint density at radius 2 is 2.05 bits per heavy atom.